The van der Waals surface area contributed by atoms with Crippen molar-refractivity contribution in [3.63, 3.8) is 0 Å². The van der Waals surface area contributed by atoms with Gasteiger partial charge in [0.15, 0.2) is 5.82 Å². The molecule has 0 bridgehead atoms. The van der Waals surface area contributed by atoms with E-state index in [0.29, 0.717) is 16.4 Å². The van der Waals surface area contributed by atoms with Gasteiger partial charge in [0.25, 0.3) is 0 Å². The molecule has 1 amide bonds. The Labute approximate surface area is 132 Å². The van der Waals surface area contributed by atoms with Gasteiger partial charge in [-0.2, -0.15) is 5.10 Å². The first kappa shape index (κ1) is 14.8. The monoisotopic (exact) mass is 320 g/mol. The summed E-state index contributed by atoms with van der Waals surface area (Å²) in [6.07, 6.45) is 4.05. The molecule has 2 aromatic rings. The van der Waals surface area contributed by atoms with Crippen LogP contribution in [0, 0.1) is 0 Å². The van der Waals surface area contributed by atoms with Gasteiger partial charge in [-0.3, -0.25) is 4.79 Å². The minimum Gasteiger partial charge on any atom is -0.366 e. The minimum absolute atomic E-state index is 0.170. The van der Waals surface area contributed by atoms with Crippen LogP contribution in [0.4, 0.5) is 5.82 Å². The lowest BCUT2D eigenvalue weighted by Gasteiger charge is -2.24. The van der Waals surface area contributed by atoms with E-state index in [9.17, 15) is 4.79 Å². The molecule has 1 aliphatic heterocycles. The summed E-state index contributed by atoms with van der Waals surface area (Å²) in [6.45, 7) is 2.76. The molecule has 3 heterocycles. The molecule has 3 rings (SSSR count). The van der Waals surface area contributed by atoms with E-state index in [1.165, 1.54) is 12.3 Å². The zero-order chi connectivity index (χ0) is 15.7. The van der Waals surface area contributed by atoms with Gasteiger partial charge < -0.3 is 11.1 Å². The first-order chi connectivity index (χ1) is 10.6. The lowest BCUT2D eigenvalue weighted by atomic mass is 10.1. The van der Waals surface area contributed by atoms with Crippen LogP contribution in [-0.4, -0.2) is 31.7 Å². The Balaban J connectivity index is 1.73. The van der Waals surface area contributed by atoms with Crippen LogP contribution in [0.5, 0.6) is 0 Å². The number of fused-ring (bicyclic) bond motifs is 1. The number of hydrogen-bond donors (Lipinski definition) is 2. The summed E-state index contributed by atoms with van der Waals surface area (Å²) in [7, 11) is 0. The van der Waals surface area contributed by atoms with Crippen molar-refractivity contribution in [3.8, 4) is 0 Å². The Bertz CT molecular complexity index is 713. The first-order valence-corrected chi connectivity index (χ1v) is 7.59. The van der Waals surface area contributed by atoms with Crippen LogP contribution < -0.4 is 11.1 Å². The van der Waals surface area contributed by atoms with E-state index in [-0.39, 0.29) is 6.04 Å². The molecule has 8 heteroatoms. The molecule has 0 aromatic carbocycles. The third-order valence-electron chi connectivity index (χ3n) is 3.68. The molecule has 3 N–H and O–H groups in total. The molecule has 116 valence electrons. The van der Waals surface area contributed by atoms with E-state index < -0.39 is 5.91 Å². The summed E-state index contributed by atoms with van der Waals surface area (Å²) < 4.78 is 1.94. The molecular weight excluding hydrogens is 304 g/mol. The molecule has 1 aliphatic rings. The molecule has 22 heavy (non-hydrogen) atoms. The second-order valence-electron chi connectivity index (χ2n) is 5.28. The van der Waals surface area contributed by atoms with Crippen molar-refractivity contribution >= 4 is 23.3 Å². The van der Waals surface area contributed by atoms with E-state index in [4.69, 9.17) is 17.3 Å². The van der Waals surface area contributed by atoms with E-state index in [0.717, 1.165) is 37.5 Å². The van der Waals surface area contributed by atoms with Crippen LogP contribution in [0.15, 0.2) is 12.3 Å². The van der Waals surface area contributed by atoms with Gasteiger partial charge in [-0.1, -0.05) is 18.5 Å². The van der Waals surface area contributed by atoms with Crippen molar-refractivity contribution in [2.24, 2.45) is 5.73 Å². The molecule has 0 saturated carbocycles. The van der Waals surface area contributed by atoms with E-state index in [2.05, 4.69) is 20.4 Å². The number of primary amides is 1. The molecule has 2 aromatic heterocycles. The number of halogens is 1. The number of nitrogens with zero attached hydrogens (tertiary/aromatic N) is 4. The van der Waals surface area contributed by atoms with Gasteiger partial charge in [0.2, 0.25) is 5.91 Å². The maximum atomic E-state index is 11.1. The topological polar surface area (TPSA) is 98.7 Å². The van der Waals surface area contributed by atoms with Gasteiger partial charge in [-0.05, 0) is 12.5 Å². The van der Waals surface area contributed by atoms with Crippen molar-refractivity contribution in [1.29, 1.82) is 0 Å². The van der Waals surface area contributed by atoms with Gasteiger partial charge in [-0.25, -0.2) is 14.6 Å². The molecule has 0 radical (unpaired) electrons. The van der Waals surface area contributed by atoms with E-state index in [1.54, 1.807) is 0 Å². The normalized spacial score (nSPS) is 17.1. The summed E-state index contributed by atoms with van der Waals surface area (Å²) in [5, 5.41) is 8.16. The van der Waals surface area contributed by atoms with Gasteiger partial charge in [-0.15, -0.1) is 0 Å². The zero-order valence-corrected chi connectivity index (χ0v) is 13.0. The van der Waals surface area contributed by atoms with Gasteiger partial charge >= 0.3 is 0 Å². The molecule has 0 saturated heterocycles. The van der Waals surface area contributed by atoms with E-state index in [1.807, 2.05) is 11.6 Å². The summed E-state index contributed by atoms with van der Waals surface area (Å²) in [4.78, 5) is 19.8. The second-order valence-corrected chi connectivity index (χ2v) is 5.69. The van der Waals surface area contributed by atoms with Crippen LogP contribution in [-0.2, 0) is 19.4 Å². The number of carbonyl (C=O) groups is 1. The Kier molecular flexibility index (Phi) is 3.98. The average molecular weight is 321 g/mol. The fraction of sp³-hybridized carbons (Fsp3) is 0.429. The van der Waals surface area contributed by atoms with Gasteiger partial charge in [0.1, 0.15) is 11.6 Å². The van der Waals surface area contributed by atoms with Crippen LogP contribution in [0.1, 0.15) is 35.4 Å². The second kappa shape index (κ2) is 5.92. The predicted molar refractivity (Wildman–Crippen MR) is 82.9 cm³/mol. The van der Waals surface area contributed by atoms with Crippen molar-refractivity contribution in [2.45, 2.75) is 38.8 Å². The highest BCUT2D eigenvalue weighted by Gasteiger charge is 2.22. The van der Waals surface area contributed by atoms with Crippen LogP contribution >= 0.6 is 11.6 Å². The maximum absolute atomic E-state index is 11.1. The summed E-state index contributed by atoms with van der Waals surface area (Å²) >= 11 is 6.15. The number of nitrogens with two attached hydrogens (primary N) is 1. The Morgan fingerprint density at radius 1 is 1.59 bits per heavy atom. The van der Waals surface area contributed by atoms with Crippen LogP contribution in [0.25, 0.3) is 0 Å². The van der Waals surface area contributed by atoms with Crippen molar-refractivity contribution < 1.29 is 4.79 Å². The Morgan fingerprint density at radius 3 is 3.09 bits per heavy atom. The summed E-state index contributed by atoms with van der Waals surface area (Å²) in [5.41, 5.74) is 5.51. The SMILES string of the molecule is CCc1nc2n(n1)CC(Nc1ncc(C(N)=O)cc1Cl)CC2. The quantitative estimate of drug-likeness (QED) is 0.887. The number of anilines is 1. The first-order valence-electron chi connectivity index (χ1n) is 7.21. The number of nitrogens with one attached hydrogen (secondary N) is 1. The Morgan fingerprint density at radius 2 is 2.41 bits per heavy atom. The van der Waals surface area contributed by atoms with Crippen molar-refractivity contribution in [3.05, 3.63) is 34.5 Å². The number of carbonyl (C=O) groups excluding carboxylic acids is 1. The average Bonchev–Trinajstić information content (AvgIpc) is 2.91. The molecule has 0 fully saturated rings. The van der Waals surface area contributed by atoms with Crippen LogP contribution in [0.3, 0.4) is 0 Å². The van der Waals surface area contributed by atoms with E-state index >= 15 is 0 Å². The fourth-order valence-electron chi connectivity index (χ4n) is 2.50. The van der Waals surface area contributed by atoms with Crippen molar-refractivity contribution in [1.82, 2.24) is 19.7 Å². The fourth-order valence-corrected chi connectivity index (χ4v) is 2.72. The third kappa shape index (κ3) is 2.89. The molecule has 1 atom stereocenters. The number of aryl methyl sites for hydroxylation is 2. The lowest BCUT2D eigenvalue weighted by Crippen LogP contribution is -2.32. The number of rotatable bonds is 4. The molecular formula is C14H17ClN6O. The molecule has 0 spiro atoms. The third-order valence-corrected chi connectivity index (χ3v) is 3.97. The molecule has 0 aliphatic carbocycles. The van der Waals surface area contributed by atoms with Gasteiger partial charge in [0.05, 0.1) is 17.1 Å². The lowest BCUT2D eigenvalue weighted by molar-refractivity contribution is 0.1000. The Hall–Kier alpha value is -2.15. The highest BCUT2D eigenvalue weighted by atomic mass is 35.5. The largest absolute Gasteiger partial charge is 0.366 e. The van der Waals surface area contributed by atoms with Crippen molar-refractivity contribution in [2.75, 3.05) is 5.32 Å². The van der Waals surface area contributed by atoms with Gasteiger partial charge in [0, 0.05) is 25.1 Å². The smallest absolute Gasteiger partial charge is 0.250 e. The minimum atomic E-state index is -0.544. The molecule has 7 nitrogen and oxygen atoms in total. The molecule has 1 unspecified atom stereocenters. The highest BCUT2D eigenvalue weighted by Crippen LogP contribution is 2.23. The predicted octanol–water partition coefficient (Wildman–Crippen LogP) is 1.41. The standard InChI is InChI=1S/C14H17ClN6O/c1-2-11-19-12-4-3-9(7-21(12)20-11)18-14-10(15)5-8(6-17-14)13(16)22/h5-6,9H,2-4,7H2,1H3,(H2,16,22)(H,17,18). The highest BCUT2D eigenvalue weighted by molar-refractivity contribution is 6.33. The number of aromatic nitrogens is 4. The maximum Gasteiger partial charge on any atom is 0.250 e. The number of amides is 1. The van der Waals surface area contributed by atoms with Crippen LogP contribution in [0.2, 0.25) is 5.02 Å². The zero-order valence-electron chi connectivity index (χ0n) is 12.2. The number of pyridine rings is 1. The number of hydrogen-bond acceptors (Lipinski definition) is 5. The summed E-state index contributed by atoms with van der Waals surface area (Å²) in [6, 6.07) is 1.70. The summed E-state index contributed by atoms with van der Waals surface area (Å²) in [5.74, 6) is 1.91.